The van der Waals surface area contributed by atoms with E-state index in [1.807, 2.05) is 29.5 Å². The van der Waals surface area contributed by atoms with Gasteiger partial charge in [0.15, 0.2) is 17.5 Å². The van der Waals surface area contributed by atoms with Gasteiger partial charge in [-0.05, 0) is 97.4 Å². The second-order valence-electron chi connectivity index (χ2n) is 17.9. The highest BCUT2D eigenvalue weighted by molar-refractivity contribution is 7.25. The lowest BCUT2D eigenvalue weighted by molar-refractivity contribution is 0.648. The van der Waals surface area contributed by atoms with E-state index < -0.39 is 0 Å². The highest BCUT2D eigenvalue weighted by Crippen LogP contribution is 2.42. The van der Waals surface area contributed by atoms with Crippen LogP contribution in [0.5, 0.6) is 0 Å². The monoisotopic (exact) mass is 884 g/mol. The maximum absolute atomic E-state index is 5.24. The molecule has 318 valence electrons. The van der Waals surface area contributed by atoms with E-state index in [1.54, 1.807) is 0 Å². The molecule has 3 heterocycles. The average Bonchev–Trinajstić information content (AvgIpc) is 3.96. The maximum atomic E-state index is 5.24. The molecule has 0 bridgehead atoms. The molecule has 68 heavy (non-hydrogen) atoms. The van der Waals surface area contributed by atoms with E-state index in [0.29, 0.717) is 17.5 Å². The summed E-state index contributed by atoms with van der Waals surface area (Å²) >= 11 is 1.82. The molecule has 1 atom stereocenters. The first-order valence-corrected chi connectivity index (χ1v) is 24.1. The van der Waals surface area contributed by atoms with Gasteiger partial charge in [-0.3, -0.25) is 0 Å². The fourth-order valence-electron chi connectivity index (χ4n) is 10.7. The van der Waals surface area contributed by atoms with E-state index in [0.717, 1.165) is 23.1 Å². The smallest absolute Gasteiger partial charge is 0.164 e. The number of thiophene rings is 1. The molecule has 5 heteroatoms. The number of aromatic nitrogens is 4. The molecule has 0 fully saturated rings. The van der Waals surface area contributed by atoms with Crippen LogP contribution in [-0.2, 0) is 0 Å². The van der Waals surface area contributed by atoms with Gasteiger partial charge in [-0.2, -0.15) is 0 Å². The Morgan fingerprint density at radius 1 is 0.338 bits per heavy atom. The summed E-state index contributed by atoms with van der Waals surface area (Å²) in [7, 11) is 0. The normalized spacial score (nSPS) is 13.9. The first-order chi connectivity index (χ1) is 33.7. The zero-order valence-corrected chi connectivity index (χ0v) is 37.7. The second-order valence-corrected chi connectivity index (χ2v) is 18.9. The van der Waals surface area contributed by atoms with Crippen molar-refractivity contribution in [1.82, 2.24) is 19.5 Å². The van der Waals surface area contributed by atoms with Gasteiger partial charge in [0.05, 0.1) is 11.6 Å². The maximum Gasteiger partial charge on any atom is 0.164 e. The molecule has 0 spiro atoms. The van der Waals surface area contributed by atoms with Crippen LogP contribution < -0.4 is 0 Å². The highest BCUT2D eigenvalue weighted by atomic mass is 32.1. The molecule has 0 saturated heterocycles. The zero-order chi connectivity index (χ0) is 44.7. The lowest BCUT2D eigenvalue weighted by atomic mass is 9.91. The lowest BCUT2D eigenvalue weighted by Crippen LogP contribution is -2.07. The Kier molecular flexibility index (Phi) is 8.86. The first kappa shape index (κ1) is 38.7. The number of allylic oxidation sites excluding steroid dienone is 4. The molecule has 0 aliphatic heterocycles. The number of fused-ring (bicyclic) bond motifs is 12. The fraction of sp³-hybridized carbons (Fsp3) is 0.0317. The summed E-state index contributed by atoms with van der Waals surface area (Å²) in [5, 5.41) is 12.7. The quantitative estimate of drug-likeness (QED) is 0.156. The minimum atomic E-state index is 0.221. The Morgan fingerprint density at radius 2 is 0.809 bits per heavy atom. The van der Waals surface area contributed by atoms with E-state index in [2.05, 4.69) is 211 Å². The predicted octanol–water partition coefficient (Wildman–Crippen LogP) is 17.2. The molecular formula is C63H40N4S. The standard InChI is InChI=1S/C63H40N4S/c1-3-14-39(15-4-1)61-64-62(44-28-31-53-52-24-11-12-25-57(52)67(58(53)36-44)46-18-5-2-6-19-46)66-63(65-61)45-29-33-55-54-32-27-43(37-59(54)68-60(55)38-45)41-17-13-16-40(34-41)42-26-30-51-49-22-8-7-20-47(49)48-21-9-10-23-50(48)56(51)35-42/h1-18,20-38,46H,19H2. The van der Waals surface area contributed by atoms with Gasteiger partial charge in [0.2, 0.25) is 0 Å². The molecule has 0 amide bonds. The van der Waals surface area contributed by atoms with Gasteiger partial charge >= 0.3 is 0 Å². The van der Waals surface area contributed by atoms with Crippen LogP contribution in [-0.4, -0.2) is 19.5 Å². The number of hydrogen-bond acceptors (Lipinski definition) is 4. The molecule has 0 radical (unpaired) electrons. The summed E-state index contributed by atoms with van der Waals surface area (Å²) in [5.41, 5.74) is 10.1. The molecule has 14 rings (SSSR count). The van der Waals surface area contributed by atoms with Crippen LogP contribution in [0.1, 0.15) is 12.5 Å². The number of nitrogens with zero attached hydrogens (tertiary/aromatic N) is 4. The zero-order valence-electron chi connectivity index (χ0n) is 36.8. The van der Waals surface area contributed by atoms with Gasteiger partial charge < -0.3 is 4.57 Å². The van der Waals surface area contributed by atoms with Crippen molar-refractivity contribution in [3.63, 3.8) is 0 Å². The third-order valence-electron chi connectivity index (χ3n) is 13.9. The van der Waals surface area contributed by atoms with Crippen molar-refractivity contribution in [3.8, 4) is 56.4 Å². The first-order valence-electron chi connectivity index (χ1n) is 23.3. The number of benzene rings is 10. The summed E-state index contributed by atoms with van der Waals surface area (Å²) in [6.07, 6.45) is 9.78. The van der Waals surface area contributed by atoms with E-state index in [4.69, 9.17) is 15.0 Å². The number of para-hydroxylation sites is 1. The van der Waals surface area contributed by atoms with E-state index in [-0.39, 0.29) is 6.04 Å². The van der Waals surface area contributed by atoms with Crippen LogP contribution in [0, 0.1) is 0 Å². The Labute approximate surface area is 396 Å². The Balaban J connectivity index is 0.844. The molecule has 10 aromatic carbocycles. The summed E-state index contributed by atoms with van der Waals surface area (Å²) in [4.78, 5) is 15.5. The molecule has 0 N–H and O–H groups in total. The summed E-state index contributed by atoms with van der Waals surface area (Å²) < 4.78 is 4.92. The van der Waals surface area contributed by atoms with Gasteiger partial charge in [0.25, 0.3) is 0 Å². The van der Waals surface area contributed by atoms with Gasteiger partial charge in [0, 0.05) is 53.2 Å². The molecule has 4 nitrogen and oxygen atoms in total. The predicted molar refractivity (Wildman–Crippen MR) is 287 cm³/mol. The van der Waals surface area contributed by atoms with Crippen molar-refractivity contribution in [2.45, 2.75) is 12.5 Å². The number of hydrogen-bond donors (Lipinski definition) is 0. The molecular weight excluding hydrogens is 845 g/mol. The van der Waals surface area contributed by atoms with E-state index >= 15 is 0 Å². The minimum absolute atomic E-state index is 0.221. The second kappa shape index (κ2) is 15.6. The Hall–Kier alpha value is -8.51. The minimum Gasteiger partial charge on any atom is -0.333 e. The van der Waals surface area contributed by atoms with Crippen molar-refractivity contribution in [2.75, 3.05) is 0 Å². The van der Waals surface area contributed by atoms with Crippen molar-refractivity contribution < 1.29 is 0 Å². The van der Waals surface area contributed by atoms with E-state index in [9.17, 15) is 0 Å². The largest absolute Gasteiger partial charge is 0.333 e. The van der Waals surface area contributed by atoms with Crippen LogP contribution in [0.3, 0.4) is 0 Å². The highest BCUT2D eigenvalue weighted by Gasteiger charge is 2.20. The van der Waals surface area contributed by atoms with Gasteiger partial charge in [0.1, 0.15) is 0 Å². The fourth-order valence-corrected chi connectivity index (χ4v) is 11.9. The summed E-state index contributed by atoms with van der Waals surface area (Å²) in [5.74, 6) is 1.96. The molecule has 1 aliphatic carbocycles. The molecule has 0 saturated carbocycles. The van der Waals surface area contributed by atoms with Crippen molar-refractivity contribution in [3.05, 3.63) is 224 Å². The SMILES string of the molecule is C1=CCC(n2c3ccccc3c3ccc(-c4nc(-c5ccccc5)nc(-c5ccc6c(c5)sc5cc(-c7cccc(-c8ccc9c%10ccccc%10c%10ccccc%10c9c8)c7)ccc56)n4)cc32)C=C1. The average molecular weight is 885 g/mol. The van der Waals surface area contributed by atoms with Gasteiger partial charge in [-0.1, -0.05) is 188 Å². The van der Waals surface area contributed by atoms with Crippen LogP contribution in [0.2, 0.25) is 0 Å². The van der Waals surface area contributed by atoms with Gasteiger partial charge in [-0.25, -0.2) is 15.0 Å². The third kappa shape index (κ3) is 6.31. The van der Waals surface area contributed by atoms with E-state index in [1.165, 1.54) is 96.5 Å². The number of rotatable bonds is 6. The summed E-state index contributed by atoms with van der Waals surface area (Å²) in [6.45, 7) is 0. The molecule has 1 aliphatic rings. The Morgan fingerprint density at radius 3 is 1.47 bits per heavy atom. The summed E-state index contributed by atoms with van der Waals surface area (Å²) in [6, 6.07) is 72.9. The topological polar surface area (TPSA) is 43.6 Å². The van der Waals surface area contributed by atoms with Crippen LogP contribution in [0.4, 0.5) is 0 Å². The molecule has 3 aromatic heterocycles. The van der Waals surface area contributed by atoms with Crippen molar-refractivity contribution >= 4 is 85.6 Å². The third-order valence-corrected chi connectivity index (χ3v) is 15.0. The molecule has 1 unspecified atom stereocenters. The molecule has 13 aromatic rings. The van der Waals surface area contributed by atoms with Gasteiger partial charge in [-0.15, -0.1) is 11.3 Å². The van der Waals surface area contributed by atoms with Crippen LogP contribution in [0.25, 0.3) is 131 Å². The lowest BCUT2D eigenvalue weighted by Gasteiger charge is -2.18. The van der Waals surface area contributed by atoms with Crippen molar-refractivity contribution in [2.24, 2.45) is 0 Å². The van der Waals surface area contributed by atoms with Crippen LogP contribution >= 0.6 is 11.3 Å². The van der Waals surface area contributed by atoms with Crippen molar-refractivity contribution in [1.29, 1.82) is 0 Å². The Bertz CT molecular complexity index is 4220. The van der Waals surface area contributed by atoms with Crippen LogP contribution in [0.15, 0.2) is 224 Å².